The van der Waals surface area contributed by atoms with Gasteiger partial charge < -0.3 is 4.98 Å². The van der Waals surface area contributed by atoms with Crippen molar-refractivity contribution in [1.82, 2.24) is 19.9 Å². The topological polar surface area (TPSA) is 54.5 Å². The highest BCUT2D eigenvalue weighted by Gasteiger charge is 2.06. The number of aromatic amines is 1. The van der Waals surface area contributed by atoms with Crippen LogP contribution in [-0.4, -0.2) is 19.9 Å². The van der Waals surface area contributed by atoms with Crippen molar-refractivity contribution in [2.75, 3.05) is 0 Å². The van der Waals surface area contributed by atoms with E-state index in [4.69, 9.17) is 0 Å². The number of hydrogen-bond acceptors (Lipinski definition) is 4. The number of nitrogens with zero attached hydrogens (tertiary/aromatic N) is 3. The Hall–Kier alpha value is -1.88. The second kappa shape index (κ2) is 4.78. The van der Waals surface area contributed by atoms with Gasteiger partial charge in [-0.25, -0.2) is 15.0 Å². The Morgan fingerprint density at radius 1 is 1.11 bits per heavy atom. The van der Waals surface area contributed by atoms with Crippen molar-refractivity contribution in [1.29, 1.82) is 0 Å². The molecule has 0 aliphatic heterocycles. The molecule has 3 rings (SSSR count). The maximum atomic E-state index is 4.29. The number of aromatic nitrogens is 4. The van der Waals surface area contributed by atoms with E-state index in [1.165, 1.54) is 11.1 Å². The van der Waals surface area contributed by atoms with Gasteiger partial charge in [0.25, 0.3) is 0 Å². The Labute approximate surface area is 109 Å². The Balaban J connectivity index is 1.80. The Kier molecular flexibility index (Phi) is 2.98. The molecule has 0 radical (unpaired) electrons. The van der Waals surface area contributed by atoms with Crippen LogP contribution in [0, 0.1) is 6.92 Å². The van der Waals surface area contributed by atoms with Gasteiger partial charge in [0.1, 0.15) is 16.9 Å². The highest BCUT2D eigenvalue weighted by Crippen LogP contribution is 2.25. The molecule has 0 bridgehead atoms. The van der Waals surface area contributed by atoms with E-state index in [1.54, 1.807) is 24.4 Å². The molecule has 0 spiro atoms. The minimum absolute atomic E-state index is 0.719. The molecule has 2 aromatic heterocycles. The number of aryl methyl sites for hydroxylation is 1. The zero-order valence-corrected chi connectivity index (χ0v) is 10.7. The lowest BCUT2D eigenvalue weighted by Gasteiger charge is -2.02. The van der Waals surface area contributed by atoms with Gasteiger partial charge in [-0.05, 0) is 12.5 Å². The maximum absolute atomic E-state index is 4.29. The number of hydrogen-bond donors (Lipinski definition) is 1. The quantitative estimate of drug-likeness (QED) is 0.578. The van der Waals surface area contributed by atoms with Gasteiger partial charge in [0.05, 0.1) is 6.33 Å². The predicted octanol–water partition coefficient (Wildman–Crippen LogP) is 2.95. The number of nitrogens with one attached hydrogen (secondary N) is 1. The third kappa shape index (κ3) is 2.22. The second-order valence-corrected chi connectivity index (χ2v) is 5.02. The molecule has 0 saturated heterocycles. The molecule has 0 unspecified atom stereocenters. The lowest BCUT2D eigenvalue weighted by molar-refractivity contribution is 1.08. The monoisotopic (exact) mass is 256 g/mol. The van der Waals surface area contributed by atoms with Gasteiger partial charge in [-0.3, -0.25) is 0 Å². The summed E-state index contributed by atoms with van der Waals surface area (Å²) in [5.41, 5.74) is 4.20. The van der Waals surface area contributed by atoms with Crippen LogP contribution in [0.1, 0.15) is 11.1 Å². The van der Waals surface area contributed by atoms with E-state index >= 15 is 0 Å². The van der Waals surface area contributed by atoms with Crippen LogP contribution < -0.4 is 0 Å². The highest BCUT2D eigenvalue weighted by atomic mass is 32.2. The van der Waals surface area contributed by atoms with E-state index in [9.17, 15) is 0 Å². The first-order valence-corrected chi connectivity index (χ1v) is 6.64. The van der Waals surface area contributed by atoms with Crippen LogP contribution in [0.4, 0.5) is 0 Å². The minimum atomic E-state index is 0.719. The van der Waals surface area contributed by atoms with Crippen LogP contribution in [-0.2, 0) is 5.75 Å². The summed E-state index contributed by atoms with van der Waals surface area (Å²) in [7, 11) is 0. The molecule has 18 heavy (non-hydrogen) atoms. The fourth-order valence-corrected chi connectivity index (χ4v) is 2.60. The van der Waals surface area contributed by atoms with Crippen LogP contribution in [0.5, 0.6) is 0 Å². The maximum Gasteiger partial charge on any atom is 0.181 e. The molecule has 1 N–H and O–H groups in total. The van der Waals surface area contributed by atoms with Gasteiger partial charge in [0, 0.05) is 5.75 Å². The molecule has 90 valence electrons. The summed E-state index contributed by atoms with van der Waals surface area (Å²) in [5.74, 6) is 0.894. The Morgan fingerprint density at radius 2 is 1.94 bits per heavy atom. The van der Waals surface area contributed by atoms with Gasteiger partial charge in [-0.1, -0.05) is 41.6 Å². The Morgan fingerprint density at radius 3 is 2.78 bits per heavy atom. The first kappa shape index (κ1) is 11.2. The van der Waals surface area contributed by atoms with Crippen LogP contribution >= 0.6 is 11.8 Å². The SMILES string of the molecule is Cc1ccc(CSc2ncnc3nc[nH]c23)cc1. The van der Waals surface area contributed by atoms with E-state index in [0.717, 1.165) is 21.9 Å². The molecule has 0 saturated carbocycles. The smallest absolute Gasteiger partial charge is 0.181 e. The molecular formula is C13H12N4S. The molecule has 1 aromatic carbocycles. The summed E-state index contributed by atoms with van der Waals surface area (Å²) < 4.78 is 0. The number of H-pyrrole nitrogens is 1. The second-order valence-electron chi connectivity index (χ2n) is 4.05. The Bertz CT molecular complexity index is 660. The highest BCUT2D eigenvalue weighted by molar-refractivity contribution is 7.98. The van der Waals surface area contributed by atoms with Gasteiger partial charge in [-0.2, -0.15) is 0 Å². The van der Waals surface area contributed by atoms with Crippen LogP contribution in [0.2, 0.25) is 0 Å². The molecule has 3 aromatic rings. The first-order chi connectivity index (χ1) is 8.83. The summed E-state index contributed by atoms with van der Waals surface area (Å²) >= 11 is 1.69. The zero-order valence-electron chi connectivity index (χ0n) is 9.92. The predicted molar refractivity (Wildman–Crippen MR) is 72.4 cm³/mol. The zero-order chi connectivity index (χ0) is 12.4. The van der Waals surface area contributed by atoms with Crippen molar-refractivity contribution in [3.05, 3.63) is 48.0 Å². The molecule has 0 fully saturated rings. The molecule has 0 amide bonds. The summed E-state index contributed by atoms with van der Waals surface area (Å²) in [6.45, 7) is 2.09. The van der Waals surface area contributed by atoms with E-state index in [0.29, 0.717) is 0 Å². The van der Waals surface area contributed by atoms with Crippen LogP contribution in [0.15, 0.2) is 41.9 Å². The number of imidazole rings is 1. The summed E-state index contributed by atoms with van der Waals surface area (Å²) in [4.78, 5) is 15.6. The number of thioether (sulfide) groups is 1. The van der Waals surface area contributed by atoms with E-state index in [2.05, 4.69) is 51.1 Å². The minimum Gasteiger partial charge on any atom is -0.341 e. The first-order valence-electron chi connectivity index (χ1n) is 5.65. The molecular weight excluding hydrogens is 244 g/mol. The van der Waals surface area contributed by atoms with Gasteiger partial charge >= 0.3 is 0 Å². The molecule has 2 heterocycles. The van der Waals surface area contributed by atoms with Crippen molar-refractivity contribution in [2.45, 2.75) is 17.7 Å². The van der Waals surface area contributed by atoms with Gasteiger partial charge in [0.2, 0.25) is 0 Å². The number of fused-ring (bicyclic) bond motifs is 1. The lowest BCUT2D eigenvalue weighted by Crippen LogP contribution is -1.87. The largest absolute Gasteiger partial charge is 0.341 e. The number of rotatable bonds is 3. The normalized spacial score (nSPS) is 10.9. The molecule has 4 nitrogen and oxygen atoms in total. The van der Waals surface area contributed by atoms with E-state index in [1.807, 2.05) is 0 Å². The molecule has 0 atom stereocenters. The fraction of sp³-hybridized carbons (Fsp3) is 0.154. The van der Waals surface area contributed by atoms with E-state index in [-0.39, 0.29) is 0 Å². The average molecular weight is 256 g/mol. The van der Waals surface area contributed by atoms with Crippen LogP contribution in [0.3, 0.4) is 0 Å². The molecule has 0 aliphatic carbocycles. The molecule has 5 heteroatoms. The molecule has 0 aliphatic rings. The summed E-state index contributed by atoms with van der Waals surface area (Å²) in [5, 5.41) is 0.943. The van der Waals surface area contributed by atoms with E-state index < -0.39 is 0 Å². The summed E-state index contributed by atoms with van der Waals surface area (Å²) in [6, 6.07) is 8.55. The lowest BCUT2D eigenvalue weighted by atomic mass is 10.2. The average Bonchev–Trinajstić information content (AvgIpc) is 2.87. The standard InChI is InChI=1S/C13H12N4S/c1-9-2-4-10(5-3-9)6-18-13-11-12(15-7-14-11)16-8-17-13/h2-5,7-8H,6H2,1H3,(H,14,15,16,17). The van der Waals surface area contributed by atoms with Crippen molar-refractivity contribution >= 4 is 22.9 Å². The van der Waals surface area contributed by atoms with Crippen LogP contribution in [0.25, 0.3) is 11.2 Å². The third-order valence-electron chi connectivity index (χ3n) is 2.68. The van der Waals surface area contributed by atoms with Crippen molar-refractivity contribution in [3.8, 4) is 0 Å². The third-order valence-corrected chi connectivity index (χ3v) is 3.75. The fourth-order valence-electron chi connectivity index (χ4n) is 1.69. The number of benzene rings is 1. The van der Waals surface area contributed by atoms with Crippen molar-refractivity contribution < 1.29 is 0 Å². The van der Waals surface area contributed by atoms with Crippen molar-refractivity contribution in [3.63, 3.8) is 0 Å². The van der Waals surface area contributed by atoms with Gasteiger partial charge in [0.15, 0.2) is 5.65 Å². The van der Waals surface area contributed by atoms with Crippen molar-refractivity contribution in [2.24, 2.45) is 0 Å². The summed E-state index contributed by atoms with van der Waals surface area (Å²) in [6.07, 6.45) is 3.20. The van der Waals surface area contributed by atoms with Gasteiger partial charge in [-0.15, -0.1) is 0 Å².